The van der Waals surface area contributed by atoms with Gasteiger partial charge in [-0.25, -0.2) is 4.79 Å². The second-order valence-corrected chi connectivity index (χ2v) is 5.88. The maximum atomic E-state index is 12.3. The van der Waals surface area contributed by atoms with E-state index in [0.717, 1.165) is 25.9 Å². The summed E-state index contributed by atoms with van der Waals surface area (Å²) in [6, 6.07) is 6.57. The Morgan fingerprint density at radius 1 is 1.25 bits per heavy atom. The van der Waals surface area contributed by atoms with Gasteiger partial charge in [-0.3, -0.25) is 9.69 Å². The van der Waals surface area contributed by atoms with E-state index in [4.69, 9.17) is 9.47 Å². The van der Waals surface area contributed by atoms with E-state index in [9.17, 15) is 9.59 Å². The average molecular weight is 334 g/mol. The molecule has 0 saturated carbocycles. The molecule has 0 spiro atoms. The molecule has 1 N–H and O–H groups in total. The highest BCUT2D eigenvalue weighted by Gasteiger charge is 2.23. The molecule has 24 heavy (non-hydrogen) atoms. The molecule has 1 aliphatic heterocycles. The van der Waals surface area contributed by atoms with Gasteiger partial charge in [0.15, 0.2) is 0 Å². The monoisotopic (exact) mass is 334 g/mol. The molecule has 0 radical (unpaired) electrons. The van der Waals surface area contributed by atoms with Crippen LogP contribution in [0.1, 0.15) is 37.0 Å². The number of carbonyl (C=O) groups excluding carboxylic acids is 2. The Kier molecular flexibility index (Phi) is 7.21. The zero-order chi connectivity index (χ0) is 17.4. The molecule has 1 saturated heterocycles. The molecule has 0 aromatic heterocycles. The Labute approximate surface area is 143 Å². The second-order valence-electron chi connectivity index (χ2n) is 5.88. The molecule has 6 nitrogen and oxygen atoms in total. The number of amides is 1. The van der Waals surface area contributed by atoms with Gasteiger partial charge in [0.25, 0.3) is 0 Å². The minimum atomic E-state index is -0.331. The minimum absolute atomic E-state index is 0.0600. The molecule has 1 aromatic rings. The summed E-state index contributed by atoms with van der Waals surface area (Å²) < 4.78 is 10.5. The summed E-state index contributed by atoms with van der Waals surface area (Å²) in [6.07, 6.45) is 1.85. The van der Waals surface area contributed by atoms with Crippen molar-refractivity contribution in [1.29, 1.82) is 0 Å². The summed E-state index contributed by atoms with van der Waals surface area (Å²) in [6.45, 7) is 7.21. The predicted molar refractivity (Wildman–Crippen MR) is 92.1 cm³/mol. The fraction of sp³-hybridized carbons (Fsp3) is 0.556. The molecular weight excluding hydrogens is 308 g/mol. The van der Waals surface area contributed by atoms with Crippen LogP contribution in [0.25, 0.3) is 0 Å². The predicted octanol–water partition coefficient (Wildman–Crippen LogP) is 2.30. The van der Waals surface area contributed by atoms with Crippen LogP contribution < -0.4 is 5.32 Å². The molecule has 1 amide bonds. The number of esters is 1. The van der Waals surface area contributed by atoms with Crippen molar-refractivity contribution < 1.29 is 19.1 Å². The third kappa shape index (κ3) is 5.32. The second kappa shape index (κ2) is 9.39. The minimum Gasteiger partial charge on any atom is -0.462 e. The van der Waals surface area contributed by atoms with Crippen molar-refractivity contribution in [3.05, 3.63) is 29.8 Å². The van der Waals surface area contributed by atoms with Gasteiger partial charge in [-0.2, -0.15) is 0 Å². The van der Waals surface area contributed by atoms with E-state index >= 15 is 0 Å². The van der Waals surface area contributed by atoms with Gasteiger partial charge in [0, 0.05) is 18.8 Å². The first-order valence-corrected chi connectivity index (χ1v) is 8.51. The van der Waals surface area contributed by atoms with Gasteiger partial charge in [0.2, 0.25) is 5.91 Å². The standard InChI is InChI=1S/C18H26N2O4/c1-3-4-11-24-18(22)15-5-7-16(8-6-15)19-17(21)14(2)20-9-12-23-13-10-20/h5-8,14H,3-4,9-13H2,1-2H3,(H,19,21)/t14-/m1/s1. The number of unbranched alkanes of at least 4 members (excludes halogenated alkanes) is 1. The summed E-state index contributed by atoms with van der Waals surface area (Å²) >= 11 is 0. The Hall–Kier alpha value is -1.92. The lowest BCUT2D eigenvalue weighted by Gasteiger charge is -2.31. The Balaban J connectivity index is 1.86. The molecule has 1 heterocycles. The number of anilines is 1. The largest absolute Gasteiger partial charge is 0.462 e. The van der Waals surface area contributed by atoms with Gasteiger partial charge >= 0.3 is 5.97 Å². The summed E-state index contributed by atoms with van der Waals surface area (Å²) in [5, 5.41) is 2.88. The molecule has 0 aliphatic carbocycles. The molecule has 132 valence electrons. The summed E-state index contributed by atoms with van der Waals surface area (Å²) in [4.78, 5) is 26.3. The van der Waals surface area contributed by atoms with Gasteiger partial charge in [-0.15, -0.1) is 0 Å². The lowest BCUT2D eigenvalue weighted by molar-refractivity contribution is -0.122. The van der Waals surface area contributed by atoms with Gasteiger partial charge in [-0.05, 0) is 37.6 Å². The molecule has 1 aliphatic rings. The van der Waals surface area contributed by atoms with Crippen molar-refractivity contribution in [1.82, 2.24) is 4.90 Å². The van der Waals surface area contributed by atoms with Crippen molar-refractivity contribution in [3.8, 4) is 0 Å². The van der Waals surface area contributed by atoms with Gasteiger partial charge < -0.3 is 14.8 Å². The molecule has 1 fully saturated rings. The number of benzene rings is 1. The smallest absolute Gasteiger partial charge is 0.338 e. The van der Waals surface area contributed by atoms with Crippen molar-refractivity contribution >= 4 is 17.6 Å². The van der Waals surface area contributed by atoms with Crippen LogP contribution in [0.5, 0.6) is 0 Å². The highest BCUT2D eigenvalue weighted by molar-refractivity contribution is 5.95. The van der Waals surface area contributed by atoms with Crippen molar-refractivity contribution in [2.75, 3.05) is 38.2 Å². The highest BCUT2D eigenvalue weighted by atomic mass is 16.5. The Morgan fingerprint density at radius 2 is 1.92 bits per heavy atom. The van der Waals surface area contributed by atoms with E-state index in [2.05, 4.69) is 10.2 Å². The van der Waals surface area contributed by atoms with Crippen molar-refractivity contribution in [2.24, 2.45) is 0 Å². The van der Waals surface area contributed by atoms with E-state index in [-0.39, 0.29) is 17.9 Å². The highest BCUT2D eigenvalue weighted by Crippen LogP contribution is 2.13. The van der Waals surface area contributed by atoms with Gasteiger partial charge in [-0.1, -0.05) is 13.3 Å². The first-order valence-electron chi connectivity index (χ1n) is 8.51. The molecule has 1 aromatic carbocycles. The van der Waals surface area contributed by atoms with Crippen LogP contribution in [0.3, 0.4) is 0 Å². The maximum absolute atomic E-state index is 12.3. The average Bonchev–Trinajstić information content (AvgIpc) is 2.62. The molecule has 2 rings (SSSR count). The molecule has 0 bridgehead atoms. The Bertz CT molecular complexity index is 538. The fourth-order valence-electron chi connectivity index (χ4n) is 2.46. The fourth-order valence-corrected chi connectivity index (χ4v) is 2.46. The number of morpholine rings is 1. The van der Waals surface area contributed by atoms with E-state index < -0.39 is 0 Å². The topological polar surface area (TPSA) is 67.9 Å². The normalized spacial score (nSPS) is 16.4. The van der Waals surface area contributed by atoms with Crippen LogP contribution in [0.4, 0.5) is 5.69 Å². The number of ether oxygens (including phenoxy) is 2. The third-order valence-electron chi connectivity index (χ3n) is 4.09. The van der Waals surface area contributed by atoms with Crippen LogP contribution in [0.2, 0.25) is 0 Å². The van der Waals surface area contributed by atoms with Crippen LogP contribution in [0.15, 0.2) is 24.3 Å². The number of hydrogen-bond acceptors (Lipinski definition) is 5. The lowest BCUT2D eigenvalue weighted by Crippen LogP contribution is -2.47. The quantitative estimate of drug-likeness (QED) is 0.612. The van der Waals surface area contributed by atoms with Gasteiger partial charge in [0.1, 0.15) is 0 Å². The lowest BCUT2D eigenvalue weighted by atomic mass is 10.2. The van der Waals surface area contributed by atoms with Crippen molar-refractivity contribution in [3.63, 3.8) is 0 Å². The molecule has 0 unspecified atom stereocenters. The number of hydrogen-bond donors (Lipinski definition) is 1. The van der Waals surface area contributed by atoms with E-state index in [1.54, 1.807) is 24.3 Å². The Morgan fingerprint density at radius 3 is 2.54 bits per heavy atom. The number of nitrogens with zero attached hydrogens (tertiary/aromatic N) is 1. The first-order chi connectivity index (χ1) is 11.6. The van der Waals surface area contributed by atoms with Crippen LogP contribution in [0, 0.1) is 0 Å². The van der Waals surface area contributed by atoms with Crippen LogP contribution in [-0.4, -0.2) is 55.7 Å². The van der Waals surface area contributed by atoms with E-state index in [1.165, 1.54) is 0 Å². The van der Waals surface area contributed by atoms with Crippen molar-refractivity contribution in [2.45, 2.75) is 32.7 Å². The SMILES string of the molecule is CCCCOC(=O)c1ccc(NC(=O)[C@@H](C)N2CCOCC2)cc1. The summed E-state index contributed by atoms with van der Waals surface area (Å²) in [5.74, 6) is -0.391. The number of nitrogens with one attached hydrogen (secondary N) is 1. The third-order valence-corrected chi connectivity index (χ3v) is 4.09. The first kappa shape index (κ1) is 18.4. The van der Waals surface area contributed by atoms with Crippen LogP contribution in [-0.2, 0) is 14.3 Å². The zero-order valence-electron chi connectivity index (χ0n) is 14.4. The molecular formula is C18H26N2O4. The number of rotatable bonds is 7. The van der Waals surface area contributed by atoms with E-state index in [1.807, 2.05) is 13.8 Å². The van der Waals surface area contributed by atoms with Crippen LogP contribution >= 0.6 is 0 Å². The summed E-state index contributed by atoms with van der Waals surface area (Å²) in [7, 11) is 0. The molecule has 6 heteroatoms. The zero-order valence-corrected chi connectivity index (χ0v) is 14.4. The summed E-state index contributed by atoms with van der Waals surface area (Å²) in [5.41, 5.74) is 1.16. The molecule has 1 atom stereocenters. The van der Waals surface area contributed by atoms with E-state index in [0.29, 0.717) is 31.1 Å². The number of carbonyl (C=O) groups is 2. The maximum Gasteiger partial charge on any atom is 0.338 e. The van der Waals surface area contributed by atoms with Gasteiger partial charge in [0.05, 0.1) is 31.4 Å².